The second kappa shape index (κ2) is 4.30. The third-order valence-corrected chi connectivity index (χ3v) is 3.83. The summed E-state index contributed by atoms with van der Waals surface area (Å²) in [6.45, 7) is 5.19. The average molecular weight is 232 g/mol. The van der Waals surface area contributed by atoms with E-state index in [1.807, 2.05) is 4.90 Å². The van der Waals surface area contributed by atoms with Gasteiger partial charge < -0.3 is 9.64 Å². The molecular weight excluding hydrogens is 214 g/mol. The predicted molar refractivity (Wildman–Crippen MR) is 59.0 cm³/mol. The first-order chi connectivity index (χ1) is 7.13. The molecule has 0 aromatic heterocycles. The minimum absolute atomic E-state index is 0.0834. The van der Waals surface area contributed by atoms with E-state index in [-0.39, 0.29) is 11.3 Å². The van der Waals surface area contributed by atoms with Crippen LogP contribution in [0.4, 0.5) is 0 Å². The van der Waals surface area contributed by atoms with Gasteiger partial charge in [-0.2, -0.15) is 0 Å². The molecule has 3 nitrogen and oxygen atoms in total. The Morgan fingerprint density at radius 3 is 2.67 bits per heavy atom. The Morgan fingerprint density at radius 1 is 1.40 bits per heavy atom. The van der Waals surface area contributed by atoms with E-state index >= 15 is 0 Å². The van der Waals surface area contributed by atoms with Crippen LogP contribution in [0.1, 0.15) is 26.2 Å². The topological polar surface area (TPSA) is 29.5 Å². The summed E-state index contributed by atoms with van der Waals surface area (Å²) in [4.78, 5) is 13.7. The Labute approximate surface area is 95.7 Å². The van der Waals surface area contributed by atoms with Gasteiger partial charge in [-0.3, -0.25) is 4.79 Å². The summed E-state index contributed by atoms with van der Waals surface area (Å²) in [5, 5.41) is -0.389. The van der Waals surface area contributed by atoms with Gasteiger partial charge in [0.05, 0.1) is 0 Å². The maximum atomic E-state index is 11.7. The molecule has 1 unspecified atom stereocenters. The smallest absolute Gasteiger partial charge is 0.240 e. The standard InChI is InChI=1S/C11H18ClNO2/c1-9(12)10(14)13-5-2-11(8-13)3-6-15-7-4-11/h9H,2-8H2,1H3. The quantitative estimate of drug-likeness (QED) is 0.643. The van der Waals surface area contributed by atoms with Crippen molar-refractivity contribution >= 4 is 17.5 Å². The fourth-order valence-corrected chi connectivity index (χ4v) is 2.73. The minimum Gasteiger partial charge on any atom is -0.381 e. The molecule has 86 valence electrons. The summed E-state index contributed by atoms with van der Waals surface area (Å²) in [5.74, 6) is 0.0834. The first-order valence-electron chi connectivity index (χ1n) is 5.64. The molecule has 0 aliphatic carbocycles. The SMILES string of the molecule is CC(Cl)C(=O)N1CCC2(CCOCC2)C1. The number of carbonyl (C=O) groups is 1. The predicted octanol–water partition coefficient (Wildman–Crippen LogP) is 1.64. The number of rotatable bonds is 1. The van der Waals surface area contributed by atoms with Gasteiger partial charge in [0.2, 0.25) is 5.91 Å². The number of likely N-dealkylation sites (tertiary alicyclic amines) is 1. The van der Waals surface area contributed by atoms with Gasteiger partial charge in [-0.25, -0.2) is 0 Å². The second-order valence-electron chi connectivity index (χ2n) is 4.74. The van der Waals surface area contributed by atoms with Gasteiger partial charge in [0.15, 0.2) is 0 Å². The molecule has 4 heteroatoms. The molecule has 1 spiro atoms. The molecular formula is C11H18ClNO2. The summed E-state index contributed by atoms with van der Waals surface area (Å²) >= 11 is 5.82. The van der Waals surface area contributed by atoms with Gasteiger partial charge in [-0.15, -0.1) is 11.6 Å². The van der Waals surface area contributed by atoms with Gasteiger partial charge in [0.25, 0.3) is 0 Å². The molecule has 1 amide bonds. The van der Waals surface area contributed by atoms with Crippen LogP contribution in [0.25, 0.3) is 0 Å². The number of halogens is 1. The fourth-order valence-electron chi connectivity index (χ4n) is 2.59. The molecule has 2 aliphatic heterocycles. The maximum Gasteiger partial charge on any atom is 0.240 e. The molecule has 0 N–H and O–H groups in total. The lowest BCUT2D eigenvalue weighted by Gasteiger charge is -2.33. The van der Waals surface area contributed by atoms with Crippen molar-refractivity contribution in [3.63, 3.8) is 0 Å². The highest BCUT2D eigenvalue weighted by Crippen LogP contribution is 2.39. The lowest BCUT2D eigenvalue weighted by atomic mass is 9.80. The molecule has 0 aromatic carbocycles. The molecule has 15 heavy (non-hydrogen) atoms. The average Bonchev–Trinajstić information content (AvgIpc) is 2.62. The molecule has 1 atom stereocenters. The zero-order valence-electron chi connectivity index (χ0n) is 9.17. The van der Waals surface area contributed by atoms with Crippen LogP contribution in [0.2, 0.25) is 0 Å². The van der Waals surface area contributed by atoms with Crippen molar-refractivity contribution in [1.29, 1.82) is 0 Å². The zero-order chi connectivity index (χ0) is 10.9. The molecule has 0 saturated carbocycles. The van der Waals surface area contributed by atoms with Crippen LogP contribution >= 0.6 is 11.6 Å². The highest BCUT2D eigenvalue weighted by atomic mass is 35.5. The lowest BCUT2D eigenvalue weighted by molar-refractivity contribution is -0.130. The normalized spacial score (nSPS) is 26.9. The van der Waals surface area contributed by atoms with Crippen molar-refractivity contribution < 1.29 is 9.53 Å². The van der Waals surface area contributed by atoms with Crippen LogP contribution in [-0.4, -0.2) is 42.5 Å². The van der Waals surface area contributed by atoms with Gasteiger partial charge in [0.1, 0.15) is 5.38 Å². The number of carbonyl (C=O) groups excluding carboxylic acids is 1. The van der Waals surface area contributed by atoms with Crippen LogP contribution < -0.4 is 0 Å². The number of hydrogen-bond acceptors (Lipinski definition) is 2. The Morgan fingerprint density at radius 2 is 2.07 bits per heavy atom. The second-order valence-corrected chi connectivity index (χ2v) is 5.39. The molecule has 2 heterocycles. The van der Waals surface area contributed by atoms with E-state index in [0.717, 1.165) is 45.6 Å². The summed E-state index contributed by atoms with van der Waals surface area (Å²) in [5.41, 5.74) is 0.333. The van der Waals surface area contributed by atoms with Crippen molar-refractivity contribution in [2.75, 3.05) is 26.3 Å². The van der Waals surface area contributed by atoms with Gasteiger partial charge >= 0.3 is 0 Å². The van der Waals surface area contributed by atoms with Gasteiger partial charge in [0, 0.05) is 26.3 Å². The van der Waals surface area contributed by atoms with E-state index < -0.39 is 0 Å². The minimum atomic E-state index is -0.389. The third-order valence-electron chi connectivity index (χ3n) is 3.64. The molecule has 2 saturated heterocycles. The highest BCUT2D eigenvalue weighted by Gasteiger charge is 2.41. The molecule has 0 aromatic rings. The van der Waals surface area contributed by atoms with Gasteiger partial charge in [-0.05, 0) is 31.6 Å². The highest BCUT2D eigenvalue weighted by molar-refractivity contribution is 6.30. The summed E-state index contributed by atoms with van der Waals surface area (Å²) in [7, 11) is 0. The van der Waals surface area contributed by atoms with Crippen LogP contribution in [0.5, 0.6) is 0 Å². The number of nitrogens with zero attached hydrogens (tertiary/aromatic N) is 1. The maximum absolute atomic E-state index is 11.7. The van der Waals surface area contributed by atoms with Crippen LogP contribution in [0.3, 0.4) is 0 Å². The lowest BCUT2D eigenvalue weighted by Crippen LogP contribution is -2.38. The molecule has 0 radical (unpaired) electrons. The van der Waals surface area contributed by atoms with Crippen molar-refractivity contribution in [3.8, 4) is 0 Å². The fraction of sp³-hybridized carbons (Fsp3) is 0.909. The Hall–Kier alpha value is -0.280. The Balaban J connectivity index is 1.96. The number of ether oxygens (including phenoxy) is 1. The number of hydrogen-bond donors (Lipinski definition) is 0. The van der Waals surface area contributed by atoms with Crippen molar-refractivity contribution in [1.82, 2.24) is 4.90 Å². The van der Waals surface area contributed by atoms with E-state index in [0.29, 0.717) is 5.41 Å². The van der Waals surface area contributed by atoms with Crippen LogP contribution in [-0.2, 0) is 9.53 Å². The van der Waals surface area contributed by atoms with Gasteiger partial charge in [-0.1, -0.05) is 0 Å². The molecule has 2 aliphatic rings. The third kappa shape index (κ3) is 2.28. The Bertz CT molecular complexity index is 249. The summed E-state index contributed by atoms with van der Waals surface area (Å²) in [6, 6.07) is 0. The van der Waals surface area contributed by atoms with Crippen molar-refractivity contribution in [2.45, 2.75) is 31.6 Å². The summed E-state index contributed by atoms with van der Waals surface area (Å²) < 4.78 is 5.37. The van der Waals surface area contributed by atoms with E-state index in [1.165, 1.54) is 0 Å². The van der Waals surface area contributed by atoms with Crippen LogP contribution in [0, 0.1) is 5.41 Å². The van der Waals surface area contributed by atoms with E-state index in [1.54, 1.807) is 6.92 Å². The molecule has 2 fully saturated rings. The molecule has 2 rings (SSSR count). The first kappa shape index (κ1) is 11.2. The first-order valence-corrected chi connectivity index (χ1v) is 6.07. The number of amides is 1. The van der Waals surface area contributed by atoms with E-state index in [9.17, 15) is 4.79 Å². The van der Waals surface area contributed by atoms with Crippen molar-refractivity contribution in [3.05, 3.63) is 0 Å². The summed E-state index contributed by atoms with van der Waals surface area (Å²) in [6.07, 6.45) is 3.30. The monoisotopic (exact) mass is 231 g/mol. The van der Waals surface area contributed by atoms with E-state index in [2.05, 4.69) is 0 Å². The van der Waals surface area contributed by atoms with Crippen LogP contribution in [0.15, 0.2) is 0 Å². The van der Waals surface area contributed by atoms with Crippen molar-refractivity contribution in [2.24, 2.45) is 5.41 Å². The molecule has 0 bridgehead atoms. The largest absolute Gasteiger partial charge is 0.381 e. The Kier molecular flexibility index (Phi) is 3.21. The van der Waals surface area contributed by atoms with E-state index in [4.69, 9.17) is 16.3 Å². The number of alkyl halides is 1. The zero-order valence-corrected chi connectivity index (χ0v) is 9.92.